The molecule has 196 valence electrons. The molecule has 10 atom stereocenters. The van der Waals surface area contributed by atoms with Crippen molar-refractivity contribution in [1.29, 1.82) is 0 Å². The standard InChI is InChI=1S/C26H38O9/c1-14-4-7-18-25(2,16(14)6-5-15-9-11-33-23(15)32)10-8-19(28)26(18,3)13-34-24-22(31)21(30)20(29)17(12-27)35-24/h5-6,9,16-22,24,27-31H,1,4,7-8,10-13H2,2-3H3/b6-5+/t16-,17-,18+,19-,20-,21+,22-,24-,25+,26+/m0/s1. The van der Waals surface area contributed by atoms with Crippen LogP contribution in [0.4, 0.5) is 0 Å². The highest BCUT2D eigenvalue weighted by Crippen LogP contribution is 2.61. The summed E-state index contributed by atoms with van der Waals surface area (Å²) in [6, 6.07) is 0. The lowest BCUT2D eigenvalue weighted by Gasteiger charge is -2.60. The molecule has 0 spiro atoms. The number of esters is 1. The number of carbonyl (C=O) groups is 1. The largest absolute Gasteiger partial charge is 0.458 e. The van der Waals surface area contributed by atoms with Crippen molar-refractivity contribution < 1.29 is 44.5 Å². The number of aliphatic hydroxyl groups is 5. The first-order valence-corrected chi connectivity index (χ1v) is 12.4. The Morgan fingerprint density at radius 3 is 2.57 bits per heavy atom. The minimum Gasteiger partial charge on any atom is -0.458 e. The Bertz CT molecular complexity index is 882. The smallest absolute Gasteiger partial charge is 0.338 e. The van der Waals surface area contributed by atoms with Gasteiger partial charge in [0.25, 0.3) is 0 Å². The molecule has 4 aliphatic rings. The molecular weight excluding hydrogens is 456 g/mol. The highest BCUT2D eigenvalue weighted by Gasteiger charge is 2.58. The summed E-state index contributed by atoms with van der Waals surface area (Å²) in [6.07, 6.45) is 1.03. The molecule has 0 unspecified atom stereocenters. The van der Waals surface area contributed by atoms with E-state index in [1.807, 2.05) is 19.1 Å². The van der Waals surface area contributed by atoms with E-state index in [4.69, 9.17) is 14.2 Å². The van der Waals surface area contributed by atoms with Crippen LogP contribution in [0.3, 0.4) is 0 Å². The first-order valence-electron chi connectivity index (χ1n) is 12.4. The predicted molar refractivity (Wildman–Crippen MR) is 125 cm³/mol. The van der Waals surface area contributed by atoms with Crippen LogP contribution in [-0.4, -0.2) is 88.1 Å². The summed E-state index contributed by atoms with van der Waals surface area (Å²) in [4.78, 5) is 11.9. The van der Waals surface area contributed by atoms with Crippen molar-refractivity contribution in [3.8, 4) is 0 Å². The number of aliphatic hydroxyl groups excluding tert-OH is 5. The maximum Gasteiger partial charge on any atom is 0.338 e. The molecule has 0 aromatic heterocycles. The van der Waals surface area contributed by atoms with Gasteiger partial charge in [-0.1, -0.05) is 38.2 Å². The van der Waals surface area contributed by atoms with Gasteiger partial charge in [-0.15, -0.1) is 0 Å². The van der Waals surface area contributed by atoms with Crippen LogP contribution in [0.15, 0.2) is 36.0 Å². The van der Waals surface area contributed by atoms with Gasteiger partial charge in [0, 0.05) is 11.3 Å². The van der Waals surface area contributed by atoms with E-state index in [9.17, 15) is 30.3 Å². The van der Waals surface area contributed by atoms with Gasteiger partial charge in [0.1, 0.15) is 31.0 Å². The van der Waals surface area contributed by atoms with Crippen LogP contribution < -0.4 is 0 Å². The molecule has 2 saturated carbocycles. The Hall–Kier alpha value is -1.59. The highest BCUT2D eigenvalue weighted by atomic mass is 16.7. The van der Waals surface area contributed by atoms with Crippen molar-refractivity contribution in [3.63, 3.8) is 0 Å². The lowest BCUT2D eigenvalue weighted by Crippen LogP contribution is -2.61. The molecule has 1 saturated heterocycles. The molecule has 2 aliphatic heterocycles. The van der Waals surface area contributed by atoms with Gasteiger partial charge < -0.3 is 39.7 Å². The first kappa shape index (κ1) is 26.5. The van der Waals surface area contributed by atoms with Crippen molar-refractivity contribution in [1.82, 2.24) is 0 Å². The Balaban J connectivity index is 1.54. The van der Waals surface area contributed by atoms with Crippen LogP contribution in [0.1, 0.15) is 39.5 Å². The zero-order chi connectivity index (χ0) is 25.5. The fourth-order valence-corrected chi connectivity index (χ4v) is 6.65. The average Bonchev–Trinajstić information content (AvgIpc) is 3.24. The van der Waals surface area contributed by atoms with Gasteiger partial charge in [0.15, 0.2) is 6.29 Å². The third-order valence-electron chi connectivity index (χ3n) is 8.84. The van der Waals surface area contributed by atoms with Gasteiger partial charge in [0.05, 0.1) is 24.9 Å². The fourth-order valence-electron chi connectivity index (χ4n) is 6.65. The maximum absolute atomic E-state index is 11.9. The van der Waals surface area contributed by atoms with Crippen LogP contribution in [0.2, 0.25) is 0 Å². The summed E-state index contributed by atoms with van der Waals surface area (Å²) in [7, 11) is 0. The third-order valence-corrected chi connectivity index (χ3v) is 8.84. The van der Waals surface area contributed by atoms with E-state index in [1.165, 1.54) is 0 Å². The van der Waals surface area contributed by atoms with E-state index in [1.54, 1.807) is 6.08 Å². The Morgan fingerprint density at radius 2 is 1.91 bits per heavy atom. The number of allylic oxidation sites excluding steroid dienone is 2. The number of cyclic esters (lactones) is 1. The number of hydrogen-bond donors (Lipinski definition) is 5. The van der Waals surface area contributed by atoms with E-state index in [2.05, 4.69) is 13.5 Å². The predicted octanol–water partition coefficient (Wildman–Crippen LogP) is 0.592. The second-order valence-corrected chi connectivity index (χ2v) is 10.9. The molecule has 0 aromatic carbocycles. The topological polar surface area (TPSA) is 146 Å². The van der Waals surface area contributed by atoms with E-state index >= 15 is 0 Å². The third kappa shape index (κ3) is 4.64. The zero-order valence-corrected chi connectivity index (χ0v) is 20.4. The van der Waals surface area contributed by atoms with Crippen LogP contribution in [0.25, 0.3) is 0 Å². The minimum atomic E-state index is -1.52. The average molecular weight is 495 g/mol. The Labute approximate surface area is 205 Å². The zero-order valence-electron chi connectivity index (χ0n) is 20.4. The van der Waals surface area contributed by atoms with E-state index in [0.717, 1.165) is 24.8 Å². The van der Waals surface area contributed by atoms with Crippen molar-refractivity contribution in [2.45, 2.75) is 76.3 Å². The molecule has 3 fully saturated rings. The lowest BCUT2D eigenvalue weighted by atomic mass is 9.46. The summed E-state index contributed by atoms with van der Waals surface area (Å²) in [5.41, 5.74) is 0.680. The molecule has 0 radical (unpaired) electrons. The summed E-state index contributed by atoms with van der Waals surface area (Å²) < 4.78 is 16.5. The molecule has 35 heavy (non-hydrogen) atoms. The lowest BCUT2D eigenvalue weighted by molar-refractivity contribution is -0.312. The number of fused-ring (bicyclic) bond motifs is 1. The Kier molecular flexibility index (Phi) is 7.60. The molecule has 2 aliphatic carbocycles. The van der Waals surface area contributed by atoms with Crippen LogP contribution in [-0.2, 0) is 19.0 Å². The van der Waals surface area contributed by atoms with Crippen LogP contribution in [0, 0.1) is 22.7 Å². The van der Waals surface area contributed by atoms with Gasteiger partial charge in [-0.2, -0.15) is 0 Å². The molecule has 9 nitrogen and oxygen atoms in total. The van der Waals surface area contributed by atoms with Crippen molar-refractivity contribution in [2.75, 3.05) is 19.8 Å². The molecule has 0 amide bonds. The van der Waals surface area contributed by atoms with Gasteiger partial charge in [-0.25, -0.2) is 4.79 Å². The molecule has 2 heterocycles. The van der Waals surface area contributed by atoms with Crippen LogP contribution in [0.5, 0.6) is 0 Å². The summed E-state index contributed by atoms with van der Waals surface area (Å²) in [6.45, 7) is 8.27. The maximum atomic E-state index is 11.9. The molecular formula is C26H38O9. The van der Waals surface area contributed by atoms with E-state index in [0.29, 0.717) is 12.0 Å². The highest BCUT2D eigenvalue weighted by molar-refractivity contribution is 5.93. The fraction of sp³-hybridized carbons (Fsp3) is 0.731. The number of rotatable bonds is 6. The molecule has 0 aromatic rings. The quantitative estimate of drug-likeness (QED) is 0.264. The van der Waals surface area contributed by atoms with Crippen LogP contribution >= 0.6 is 0 Å². The van der Waals surface area contributed by atoms with Gasteiger partial charge in [0.2, 0.25) is 0 Å². The SMILES string of the molecule is C=C1CC[C@@H]2[C@](C)(CC[C@H](O)[C@]2(C)CO[C@H]2O[C@@H](CO)[C@H](O)[C@@H](O)[C@@H]2O)[C@H]1/C=C/C1=CCOC1=O. The van der Waals surface area contributed by atoms with Crippen molar-refractivity contribution >= 4 is 5.97 Å². The monoisotopic (exact) mass is 494 g/mol. The van der Waals surface area contributed by atoms with Gasteiger partial charge in [-0.05, 0) is 43.1 Å². The Morgan fingerprint density at radius 1 is 1.17 bits per heavy atom. The second kappa shape index (κ2) is 10.0. The van der Waals surface area contributed by atoms with Gasteiger partial charge >= 0.3 is 5.97 Å². The molecule has 4 rings (SSSR count). The number of ether oxygens (including phenoxy) is 3. The summed E-state index contributed by atoms with van der Waals surface area (Å²) in [5.74, 6) is -0.302. The van der Waals surface area contributed by atoms with Crippen molar-refractivity contribution in [2.24, 2.45) is 22.7 Å². The summed E-state index contributed by atoms with van der Waals surface area (Å²) >= 11 is 0. The minimum absolute atomic E-state index is 0.00497. The first-order chi connectivity index (χ1) is 16.5. The number of carbonyl (C=O) groups excluding carboxylic acids is 1. The normalized spacial score (nSPS) is 46.4. The second-order valence-electron chi connectivity index (χ2n) is 10.9. The van der Waals surface area contributed by atoms with E-state index in [-0.39, 0.29) is 36.4 Å². The van der Waals surface area contributed by atoms with E-state index < -0.39 is 48.8 Å². The van der Waals surface area contributed by atoms with Crippen molar-refractivity contribution in [3.05, 3.63) is 36.0 Å². The van der Waals surface area contributed by atoms with Gasteiger partial charge in [-0.3, -0.25) is 0 Å². The molecule has 9 heteroatoms. The molecule has 5 N–H and O–H groups in total. The molecule has 0 bridgehead atoms. The summed E-state index contributed by atoms with van der Waals surface area (Å²) in [5, 5.41) is 51.1. The number of hydrogen-bond acceptors (Lipinski definition) is 9.